The molecule has 0 unspecified atom stereocenters. The Labute approximate surface area is 89.2 Å². The number of benzene rings is 1. The molecule has 8 heteroatoms. The molecule has 0 saturated heterocycles. The molecule has 0 amide bonds. The Bertz CT molecular complexity index is 738. The van der Waals surface area contributed by atoms with Crippen LogP contribution >= 0.6 is 0 Å². The first kappa shape index (κ1) is 9.31. The van der Waals surface area contributed by atoms with Gasteiger partial charge in [0.2, 0.25) is 0 Å². The van der Waals surface area contributed by atoms with E-state index < -0.39 is 15.3 Å². The molecule has 0 saturated carbocycles. The van der Waals surface area contributed by atoms with E-state index in [2.05, 4.69) is 20.2 Å². The van der Waals surface area contributed by atoms with Crippen LogP contribution in [0, 0.1) is 0 Å². The summed E-state index contributed by atoms with van der Waals surface area (Å²) < 4.78 is 30.5. The van der Waals surface area contributed by atoms with Crippen molar-refractivity contribution < 1.29 is 13.0 Å². The highest BCUT2D eigenvalue weighted by Gasteiger charge is 2.17. The number of nitrogens with one attached hydrogen (secondary N) is 2. The van der Waals surface area contributed by atoms with Crippen molar-refractivity contribution in [1.82, 2.24) is 20.2 Å². The number of aromatic nitrogens is 4. The Morgan fingerprint density at radius 3 is 2.56 bits per heavy atom. The van der Waals surface area contributed by atoms with Gasteiger partial charge in [-0.25, -0.2) is 9.97 Å². The van der Waals surface area contributed by atoms with Crippen LogP contribution in [0.3, 0.4) is 0 Å². The van der Waals surface area contributed by atoms with E-state index in [4.69, 9.17) is 4.55 Å². The van der Waals surface area contributed by atoms with E-state index >= 15 is 0 Å². The molecule has 16 heavy (non-hydrogen) atoms. The summed E-state index contributed by atoms with van der Waals surface area (Å²) in [6, 6.07) is 3.34. The maximum Gasteiger partial charge on any atom is 0.330 e. The van der Waals surface area contributed by atoms with Crippen molar-refractivity contribution in [3.8, 4) is 0 Å². The predicted octanol–water partition coefficient (Wildman–Crippen LogP) is 0.686. The molecule has 0 spiro atoms. The number of H-pyrrole nitrogens is 2. The van der Waals surface area contributed by atoms with Gasteiger partial charge in [0.15, 0.2) is 0 Å². The van der Waals surface area contributed by atoms with Gasteiger partial charge in [0.05, 0.1) is 16.6 Å². The zero-order chi connectivity index (χ0) is 11.3. The summed E-state index contributed by atoms with van der Waals surface area (Å²) in [5.74, 6) is 0. The lowest BCUT2D eigenvalue weighted by molar-refractivity contribution is 0.476. The van der Waals surface area contributed by atoms with Gasteiger partial charge in [0.1, 0.15) is 0 Å². The monoisotopic (exact) mass is 238 g/mol. The van der Waals surface area contributed by atoms with Gasteiger partial charge in [-0.15, -0.1) is 0 Å². The molecule has 0 aliphatic carbocycles. The Morgan fingerprint density at radius 2 is 1.88 bits per heavy atom. The number of imidazole rings is 1. The number of fused-ring (bicyclic) bond motifs is 2. The standard InChI is InChI=1S/C8H6N4O3S/c13-16(14,15)8-10-6-1-4-3-9-12-5(4)2-7(6)11-8/h1-3,9,12H,(H,13,14,15). The van der Waals surface area contributed by atoms with E-state index in [1.807, 2.05) is 0 Å². The fourth-order valence-electron chi connectivity index (χ4n) is 1.54. The van der Waals surface area contributed by atoms with Crippen LogP contribution in [0.5, 0.6) is 0 Å². The van der Waals surface area contributed by atoms with Crippen molar-refractivity contribution in [2.45, 2.75) is 5.16 Å². The Balaban J connectivity index is 2.40. The summed E-state index contributed by atoms with van der Waals surface area (Å²) in [6.45, 7) is 0. The van der Waals surface area contributed by atoms with Crippen molar-refractivity contribution >= 4 is 32.1 Å². The zero-order valence-corrected chi connectivity index (χ0v) is 8.61. The third kappa shape index (κ3) is 1.27. The highest BCUT2D eigenvalue weighted by atomic mass is 32.2. The highest BCUT2D eigenvalue weighted by Crippen LogP contribution is 2.20. The fourth-order valence-corrected chi connectivity index (χ4v) is 1.97. The molecule has 0 aliphatic rings. The molecule has 3 aromatic rings. The second-order valence-corrected chi connectivity index (χ2v) is 4.64. The second kappa shape index (κ2) is 2.80. The average Bonchev–Trinajstić information content (AvgIpc) is 2.75. The molecule has 0 radical (unpaired) electrons. The normalized spacial score (nSPS) is 12.6. The van der Waals surface area contributed by atoms with Gasteiger partial charge in [0, 0.05) is 11.6 Å². The van der Waals surface area contributed by atoms with Crippen molar-refractivity contribution in [3.05, 3.63) is 18.3 Å². The van der Waals surface area contributed by atoms with Crippen LogP contribution in [0.25, 0.3) is 21.9 Å². The zero-order valence-electron chi connectivity index (χ0n) is 7.80. The van der Waals surface area contributed by atoms with Gasteiger partial charge in [0.25, 0.3) is 5.16 Å². The van der Waals surface area contributed by atoms with Crippen molar-refractivity contribution in [1.29, 1.82) is 0 Å². The van der Waals surface area contributed by atoms with Gasteiger partial charge in [-0.05, 0) is 12.1 Å². The lowest BCUT2D eigenvalue weighted by Gasteiger charge is -1.87. The van der Waals surface area contributed by atoms with Crippen LogP contribution in [0.1, 0.15) is 0 Å². The summed E-state index contributed by atoms with van der Waals surface area (Å²) in [4.78, 5) is 7.47. The Hall–Kier alpha value is -1.93. The molecule has 1 aromatic carbocycles. The van der Waals surface area contributed by atoms with E-state index in [9.17, 15) is 8.42 Å². The highest BCUT2D eigenvalue weighted by molar-refractivity contribution is 7.85. The predicted molar refractivity (Wildman–Crippen MR) is 55.6 cm³/mol. The smallest absolute Gasteiger partial charge is 0.307 e. The van der Waals surface area contributed by atoms with E-state index in [1.165, 1.54) is 0 Å². The Kier molecular flexibility index (Phi) is 1.63. The molecule has 0 bridgehead atoms. The SMILES string of the molecule is O=S(=O)(O)c1nc2cc3c[nH][nH]c3cc2n1. The summed E-state index contributed by atoms with van der Waals surface area (Å²) >= 11 is 0. The summed E-state index contributed by atoms with van der Waals surface area (Å²) in [6.07, 6.45) is 1.72. The lowest BCUT2D eigenvalue weighted by atomic mass is 10.2. The maximum absolute atomic E-state index is 10.9. The molecule has 3 N–H and O–H groups in total. The summed E-state index contributed by atoms with van der Waals surface area (Å²) in [5, 5.41) is 5.94. The molecule has 7 nitrogen and oxygen atoms in total. The van der Waals surface area contributed by atoms with E-state index in [0.717, 1.165) is 10.9 Å². The third-order valence-electron chi connectivity index (χ3n) is 2.24. The van der Waals surface area contributed by atoms with E-state index in [0.29, 0.717) is 11.0 Å². The van der Waals surface area contributed by atoms with E-state index in [1.54, 1.807) is 18.3 Å². The molecule has 3 rings (SSSR count). The fraction of sp³-hybridized carbons (Fsp3) is 0. The molecule has 2 aromatic heterocycles. The summed E-state index contributed by atoms with van der Waals surface area (Å²) in [5.41, 5.74) is 1.62. The van der Waals surface area contributed by atoms with Crippen molar-refractivity contribution in [2.75, 3.05) is 0 Å². The van der Waals surface area contributed by atoms with Gasteiger partial charge >= 0.3 is 10.1 Å². The molecule has 82 valence electrons. The lowest BCUT2D eigenvalue weighted by Crippen LogP contribution is -1.99. The van der Waals surface area contributed by atoms with Crippen molar-refractivity contribution in [2.24, 2.45) is 0 Å². The largest absolute Gasteiger partial charge is 0.330 e. The molecular formula is C8H6N4O3S. The summed E-state index contributed by atoms with van der Waals surface area (Å²) in [7, 11) is -4.35. The number of nitrogens with zero attached hydrogens (tertiary/aromatic N) is 2. The van der Waals surface area contributed by atoms with Gasteiger partial charge in [-0.1, -0.05) is 0 Å². The molecule has 0 fully saturated rings. The molecule has 2 heterocycles. The first-order valence-corrected chi connectivity index (χ1v) is 5.79. The minimum Gasteiger partial charge on any atom is -0.307 e. The quantitative estimate of drug-likeness (QED) is 0.540. The van der Waals surface area contributed by atoms with Crippen LogP contribution < -0.4 is 0 Å². The molecule has 0 aliphatic heterocycles. The minimum absolute atomic E-state index is 0.413. The van der Waals surface area contributed by atoms with E-state index in [-0.39, 0.29) is 0 Å². The topological polar surface area (TPSA) is 112 Å². The van der Waals surface area contributed by atoms with Gasteiger partial charge in [-0.2, -0.15) is 8.42 Å². The maximum atomic E-state index is 10.9. The molecule has 0 atom stereocenters. The Morgan fingerprint density at radius 1 is 1.19 bits per heavy atom. The van der Waals surface area contributed by atoms with Gasteiger partial charge < -0.3 is 10.2 Å². The van der Waals surface area contributed by atoms with Crippen molar-refractivity contribution in [3.63, 3.8) is 0 Å². The average molecular weight is 238 g/mol. The first-order valence-electron chi connectivity index (χ1n) is 4.35. The van der Waals surface area contributed by atoms with Crippen LogP contribution in [0.4, 0.5) is 0 Å². The number of aromatic amines is 2. The van der Waals surface area contributed by atoms with Crippen LogP contribution in [-0.2, 0) is 10.1 Å². The van der Waals surface area contributed by atoms with Crippen LogP contribution in [0.15, 0.2) is 23.5 Å². The number of rotatable bonds is 1. The van der Waals surface area contributed by atoms with Gasteiger partial charge in [-0.3, -0.25) is 4.55 Å². The molecular weight excluding hydrogens is 232 g/mol. The first-order chi connectivity index (χ1) is 7.54. The number of hydrogen-bond donors (Lipinski definition) is 3. The van der Waals surface area contributed by atoms with Crippen LogP contribution in [-0.4, -0.2) is 33.1 Å². The second-order valence-electron chi connectivity index (χ2n) is 3.32. The third-order valence-corrected chi connectivity index (χ3v) is 2.89. The van der Waals surface area contributed by atoms with Crippen LogP contribution in [0.2, 0.25) is 0 Å². The minimum atomic E-state index is -4.35. The number of hydrogen-bond acceptors (Lipinski definition) is 4.